The number of ether oxygens (including phenoxy) is 1. The molecular weight excluding hydrogens is 288 g/mol. The molecule has 2 aromatic carbocycles. The molecule has 0 saturated heterocycles. The molecule has 0 saturated carbocycles. The van der Waals surface area contributed by atoms with Gasteiger partial charge in [0, 0.05) is 5.33 Å². The van der Waals surface area contributed by atoms with Gasteiger partial charge in [-0.2, -0.15) is 0 Å². The van der Waals surface area contributed by atoms with Crippen LogP contribution in [0.2, 0.25) is 0 Å². The van der Waals surface area contributed by atoms with Crippen LogP contribution in [0.15, 0.2) is 60.7 Å². The molecule has 0 unspecified atom stereocenters. The van der Waals surface area contributed by atoms with Gasteiger partial charge in [0.25, 0.3) is 0 Å². The summed E-state index contributed by atoms with van der Waals surface area (Å²) in [5, 5.41) is 0.863. The first kappa shape index (κ1) is 12.9. The molecule has 18 heavy (non-hydrogen) atoms. The molecule has 0 radical (unpaired) electrons. The SMILES string of the molecule is BrCC=Cc1cccc(OCc2ccccc2)c1. The van der Waals surface area contributed by atoms with Crippen molar-refractivity contribution in [3.63, 3.8) is 0 Å². The van der Waals surface area contributed by atoms with Crippen LogP contribution in [0, 0.1) is 0 Å². The van der Waals surface area contributed by atoms with Crippen molar-refractivity contribution >= 4 is 22.0 Å². The Kier molecular flexibility index (Phi) is 5.03. The molecule has 1 nitrogen and oxygen atoms in total. The Hall–Kier alpha value is -1.54. The Morgan fingerprint density at radius 1 is 1.00 bits per heavy atom. The first-order valence-electron chi connectivity index (χ1n) is 5.88. The van der Waals surface area contributed by atoms with Gasteiger partial charge in [-0.05, 0) is 23.3 Å². The third kappa shape index (κ3) is 4.04. The second-order valence-corrected chi connectivity index (χ2v) is 4.55. The second kappa shape index (κ2) is 7.02. The molecular formula is C16H15BrO. The van der Waals surface area contributed by atoms with Gasteiger partial charge in [-0.15, -0.1) is 0 Å². The molecule has 2 heteroatoms. The van der Waals surface area contributed by atoms with Crippen LogP contribution in [0.25, 0.3) is 6.08 Å². The number of benzene rings is 2. The van der Waals surface area contributed by atoms with Crippen LogP contribution in [0.1, 0.15) is 11.1 Å². The van der Waals surface area contributed by atoms with Crippen molar-refractivity contribution in [1.29, 1.82) is 0 Å². The second-order valence-electron chi connectivity index (χ2n) is 3.90. The maximum absolute atomic E-state index is 5.77. The number of hydrogen-bond acceptors (Lipinski definition) is 1. The Balaban J connectivity index is 1.99. The van der Waals surface area contributed by atoms with Crippen LogP contribution in [0.4, 0.5) is 0 Å². The largest absolute Gasteiger partial charge is 0.489 e. The molecule has 0 aliphatic carbocycles. The zero-order chi connectivity index (χ0) is 12.6. The Morgan fingerprint density at radius 3 is 2.61 bits per heavy atom. The molecule has 92 valence electrons. The highest BCUT2D eigenvalue weighted by Crippen LogP contribution is 2.16. The summed E-state index contributed by atoms with van der Waals surface area (Å²) in [6.07, 6.45) is 4.14. The number of hydrogen-bond donors (Lipinski definition) is 0. The van der Waals surface area contributed by atoms with E-state index in [9.17, 15) is 0 Å². The Morgan fingerprint density at radius 2 is 1.83 bits per heavy atom. The molecule has 0 atom stereocenters. The number of allylic oxidation sites excluding steroid dienone is 1. The fourth-order valence-corrected chi connectivity index (χ4v) is 1.82. The highest BCUT2D eigenvalue weighted by Gasteiger charge is 1.96. The molecule has 2 rings (SSSR count). The van der Waals surface area contributed by atoms with E-state index >= 15 is 0 Å². The van der Waals surface area contributed by atoms with Crippen molar-refractivity contribution in [1.82, 2.24) is 0 Å². The minimum Gasteiger partial charge on any atom is -0.489 e. The van der Waals surface area contributed by atoms with Gasteiger partial charge in [-0.25, -0.2) is 0 Å². The number of rotatable bonds is 5. The lowest BCUT2D eigenvalue weighted by molar-refractivity contribution is 0.306. The average molecular weight is 303 g/mol. The first-order valence-corrected chi connectivity index (χ1v) is 7.00. The number of halogens is 1. The van der Waals surface area contributed by atoms with Crippen molar-refractivity contribution in [2.75, 3.05) is 5.33 Å². The van der Waals surface area contributed by atoms with Gasteiger partial charge in [0.1, 0.15) is 12.4 Å². The summed E-state index contributed by atoms with van der Waals surface area (Å²) in [5.41, 5.74) is 2.33. The minimum absolute atomic E-state index is 0.604. The van der Waals surface area contributed by atoms with Gasteiger partial charge in [-0.3, -0.25) is 0 Å². The standard InChI is InChI=1S/C16H15BrO/c17-11-5-9-14-8-4-10-16(12-14)18-13-15-6-2-1-3-7-15/h1-10,12H,11,13H2. The third-order valence-electron chi connectivity index (χ3n) is 2.51. The predicted molar refractivity (Wildman–Crippen MR) is 80.0 cm³/mol. The van der Waals surface area contributed by atoms with Gasteiger partial charge in [0.2, 0.25) is 0 Å². The highest BCUT2D eigenvalue weighted by molar-refractivity contribution is 9.09. The average Bonchev–Trinajstić information content (AvgIpc) is 2.44. The molecule has 0 spiro atoms. The van der Waals surface area contributed by atoms with E-state index in [-0.39, 0.29) is 0 Å². The summed E-state index contributed by atoms with van der Waals surface area (Å²) in [6.45, 7) is 0.604. The van der Waals surface area contributed by atoms with Crippen molar-refractivity contribution in [3.8, 4) is 5.75 Å². The summed E-state index contributed by atoms with van der Waals surface area (Å²) in [5.74, 6) is 0.899. The van der Waals surface area contributed by atoms with E-state index in [1.807, 2.05) is 36.4 Å². The quantitative estimate of drug-likeness (QED) is 0.729. The van der Waals surface area contributed by atoms with Crippen molar-refractivity contribution in [2.45, 2.75) is 6.61 Å². The summed E-state index contributed by atoms with van der Waals surface area (Å²) in [7, 11) is 0. The topological polar surface area (TPSA) is 9.23 Å². The Bertz CT molecular complexity index is 506. The molecule has 0 amide bonds. The van der Waals surface area contributed by atoms with E-state index in [0.29, 0.717) is 6.61 Å². The molecule has 2 aromatic rings. The molecule has 0 heterocycles. The maximum Gasteiger partial charge on any atom is 0.120 e. The normalized spacial score (nSPS) is 10.7. The smallest absolute Gasteiger partial charge is 0.120 e. The maximum atomic E-state index is 5.77. The van der Waals surface area contributed by atoms with E-state index in [1.165, 1.54) is 5.56 Å². The number of alkyl halides is 1. The zero-order valence-corrected chi connectivity index (χ0v) is 11.6. The van der Waals surface area contributed by atoms with Gasteiger partial charge in [-0.1, -0.05) is 70.5 Å². The van der Waals surface area contributed by atoms with E-state index in [2.05, 4.69) is 46.3 Å². The zero-order valence-electron chi connectivity index (χ0n) is 10.1. The lowest BCUT2D eigenvalue weighted by Gasteiger charge is -2.06. The van der Waals surface area contributed by atoms with Crippen molar-refractivity contribution in [2.24, 2.45) is 0 Å². The first-order chi connectivity index (χ1) is 8.88. The summed E-state index contributed by atoms with van der Waals surface area (Å²) >= 11 is 3.37. The van der Waals surface area contributed by atoms with Gasteiger partial charge >= 0.3 is 0 Å². The summed E-state index contributed by atoms with van der Waals surface area (Å²) in [6, 6.07) is 18.3. The van der Waals surface area contributed by atoms with Crippen LogP contribution >= 0.6 is 15.9 Å². The lowest BCUT2D eigenvalue weighted by atomic mass is 10.2. The summed E-state index contributed by atoms with van der Waals surface area (Å²) in [4.78, 5) is 0. The molecule has 0 aromatic heterocycles. The highest BCUT2D eigenvalue weighted by atomic mass is 79.9. The van der Waals surface area contributed by atoms with Crippen LogP contribution < -0.4 is 4.74 Å². The van der Waals surface area contributed by atoms with E-state index in [1.54, 1.807) is 0 Å². The van der Waals surface area contributed by atoms with Crippen LogP contribution in [0.5, 0.6) is 5.75 Å². The molecule has 0 fully saturated rings. The van der Waals surface area contributed by atoms with E-state index in [4.69, 9.17) is 4.74 Å². The predicted octanol–water partition coefficient (Wildman–Crippen LogP) is 4.67. The van der Waals surface area contributed by atoms with Crippen LogP contribution in [-0.2, 0) is 6.61 Å². The fourth-order valence-electron chi connectivity index (χ4n) is 1.63. The lowest BCUT2D eigenvalue weighted by Crippen LogP contribution is -1.94. The van der Waals surface area contributed by atoms with E-state index in [0.717, 1.165) is 16.6 Å². The van der Waals surface area contributed by atoms with Crippen molar-refractivity contribution < 1.29 is 4.74 Å². The summed E-state index contributed by atoms with van der Waals surface area (Å²) < 4.78 is 5.77. The molecule has 0 N–H and O–H groups in total. The van der Waals surface area contributed by atoms with Crippen LogP contribution in [-0.4, -0.2) is 5.33 Å². The van der Waals surface area contributed by atoms with Crippen molar-refractivity contribution in [3.05, 3.63) is 71.8 Å². The Labute approximate surface area is 116 Å². The van der Waals surface area contributed by atoms with Gasteiger partial charge < -0.3 is 4.74 Å². The van der Waals surface area contributed by atoms with Gasteiger partial charge in [0.05, 0.1) is 0 Å². The molecule has 0 bridgehead atoms. The van der Waals surface area contributed by atoms with Gasteiger partial charge in [0.15, 0.2) is 0 Å². The van der Waals surface area contributed by atoms with Crippen LogP contribution in [0.3, 0.4) is 0 Å². The monoisotopic (exact) mass is 302 g/mol. The van der Waals surface area contributed by atoms with E-state index < -0.39 is 0 Å². The minimum atomic E-state index is 0.604. The molecule has 0 aliphatic heterocycles. The third-order valence-corrected chi connectivity index (χ3v) is 2.88. The molecule has 0 aliphatic rings. The fraction of sp³-hybridized carbons (Fsp3) is 0.125.